The maximum atomic E-state index is 11.9. The van der Waals surface area contributed by atoms with Crippen molar-refractivity contribution in [3.63, 3.8) is 0 Å². The van der Waals surface area contributed by atoms with Gasteiger partial charge in [0, 0.05) is 11.6 Å². The number of aliphatic carboxylic acids is 1. The van der Waals surface area contributed by atoms with Crippen molar-refractivity contribution in [2.45, 2.75) is 45.8 Å². The van der Waals surface area contributed by atoms with Crippen LogP contribution in [0.3, 0.4) is 0 Å². The maximum absolute atomic E-state index is 11.9. The highest BCUT2D eigenvalue weighted by Gasteiger charge is 2.14. The highest BCUT2D eigenvalue weighted by molar-refractivity contribution is 5.94. The van der Waals surface area contributed by atoms with Gasteiger partial charge in [0.15, 0.2) is 0 Å². The molecule has 0 heterocycles. The molecule has 0 fully saturated rings. The Bertz CT molecular complexity index is 474. The van der Waals surface area contributed by atoms with Gasteiger partial charge in [-0.15, -0.1) is 0 Å². The van der Waals surface area contributed by atoms with Crippen molar-refractivity contribution in [2.75, 3.05) is 0 Å². The van der Waals surface area contributed by atoms with Crippen molar-refractivity contribution in [1.82, 2.24) is 5.32 Å². The molecule has 1 aromatic carbocycles. The van der Waals surface area contributed by atoms with E-state index in [-0.39, 0.29) is 17.9 Å². The molecule has 1 amide bonds. The fraction of sp³-hybridized carbons (Fsp3) is 0.467. The van der Waals surface area contributed by atoms with Crippen LogP contribution < -0.4 is 10.1 Å². The molecule has 0 aliphatic heterocycles. The average Bonchev–Trinajstić information content (AvgIpc) is 2.26. The topological polar surface area (TPSA) is 75.6 Å². The normalized spacial score (nSPS) is 12.6. The van der Waals surface area contributed by atoms with Crippen LogP contribution in [-0.2, 0) is 4.79 Å². The molecule has 1 aromatic rings. The third-order valence-corrected chi connectivity index (χ3v) is 2.40. The summed E-state index contributed by atoms with van der Waals surface area (Å²) in [6.45, 7) is 7.49. The molecular formula is C15H21NO4. The number of carbonyl (C=O) groups excluding carboxylic acids is 1. The molecule has 0 bridgehead atoms. The van der Waals surface area contributed by atoms with Crippen molar-refractivity contribution >= 4 is 11.9 Å². The van der Waals surface area contributed by atoms with Crippen LogP contribution in [0.1, 0.15) is 44.5 Å². The summed E-state index contributed by atoms with van der Waals surface area (Å²) < 4.78 is 5.66. The first-order chi connectivity index (χ1) is 9.17. The van der Waals surface area contributed by atoms with Crippen molar-refractivity contribution in [2.24, 2.45) is 0 Å². The molecule has 1 rings (SSSR count). The van der Waals surface area contributed by atoms with E-state index in [1.807, 2.05) is 20.8 Å². The molecule has 1 atom stereocenters. The Labute approximate surface area is 118 Å². The van der Waals surface area contributed by atoms with E-state index in [4.69, 9.17) is 9.84 Å². The molecule has 0 saturated heterocycles. The number of carboxylic acid groups (broad SMARTS) is 1. The van der Waals surface area contributed by atoms with Crippen molar-refractivity contribution in [1.29, 1.82) is 0 Å². The van der Waals surface area contributed by atoms with E-state index in [1.165, 1.54) is 0 Å². The van der Waals surface area contributed by atoms with Crippen LogP contribution in [-0.4, -0.2) is 28.6 Å². The summed E-state index contributed by atoms with van der Waals surface area (Å²) in [5.74, 6) is -0.541. The number of carboxylic acids is 1. The average molecular weight is 279 g/mol. The summed E-state index contributed by atoms with van der Waals surface area (Å²) >= 11 is 0. The zero-order valence-corrected chi connectivity index (χ0v) is 12.3. The third-order valence-electron chi connectivity index (χ3n) is 2.40. The molecule has 0 spiro atoms. The van der Waals surface area contributed by atoms with Crippen LogP contribution in [0.25, 0.3) is 0 Å². The highest BCUT2D eigenvalue weighted by Crippen LogP contribution is 2.18. The van der Waals surface area contributed by atoms with E-state index < -0.39 is 12.0 Å². The van der Waals surface area contributed by atoms with Crippen LogP contribution in [0.4, 0.5) is 0 Å². The number of nitrogens with one attached hydrogen (secondary N) is 1. The Morgan fingerprint density at radius 2 is 1.80 bits per heavy atom. The minimum atomic E-state index is -0.938. The second-order valence-electron chi connectivity index (χ2n) is 5.71. The molecule has 2 N–H and O–H groups in total. The largest absolute Gasteiger partial charge is 0.488 e. The molecule has 20 heavy (non-hydrogen) atoms. The number of ether oxygens (including phenoxy) is 1. The summed E-state index contributed by atoms with van der Waals surface area (Å²) in [4.78, 5) is 22.4. The van der Waals surface area contributed by atoms with Crippen molar-refractivity contribution < 1.29 is 19.4 Å². The maximum Gasteiger partial charge on any atom is 0.305 e. The quantitative estimate of drug-likeness (QED) is 0.868. The lowest BCUT2D eigenvalue weighted by molar-refractivity contribution is -0.137. The first-order valence-electron chi connectivity index (χ1n) is 6.49. The van der Waals surface area contributed by atoms with Gasteiger partial charge in [-0.2, -0.15) is 0 Å². The summed E-state index contributed by atoms with van der Waals surface area (Å²) in [7, 11) is 0. The van der Waals surface area contributed by atoms with Crippen LogP contribution in [0, 0.1) is 0 Å². The highest BCUT2D eigenvalue weighted by atomic mass is 16.5. The fourth-order valence-corrected chi connectivity index (χ4v) is 1.65. The molecule has 5 nitrogen and oxygen atoms in total. The lowest BCUT2D eigenvalue weighted by Gasteiger charge is -2.21. The lowest BCUT2D eigenvalue weighted by atomic mass is 10.1. The fourth-order valence-electron chi connectivity index (χ4n) is 1.65. The Kier molecular flexibility index (Phi) is 5.13. The summed E-state index contributed by atoms with van der Waals surface area (Å²) in [5.41, 5.74) is 0.184. The van der Waals surface area contributed by atoms with Gasteiger partial charge in [0.05, 0.1) is 6.42 Å². The van der Waals surface area contributed by atoms with Gasteiger partial charge in [0.2, 0.25) is 0 Å². The van der Waals surface area contributed by atoms with E-state index in [1.54, 1.807) is 31.2 Å². The molecule has 0 aromatic heterocycles. The van der Waals surface area contributed by atoms with Crippen LogP contribution >= 0.6 is 0 Å². The molecule has 5 heteroatoms. The van der Waals surface area contributed by atoms with Gasteiger partial charge < -0.3 is 15.2 Å². The number of hydrogen-bond acceptors (Lipinski definition) is 3. The minimum absolute atomic E-state index is 0.100. The van der Waals surface area contributed by atoms with Crippen molar-refractivity contribution in [3.05, 3.63) is 29.8 Å². The van der Waals surface area contributed by atoms with Gasteiger partial charge in [0.25, 0.3) is 5.91 Å². The summed E-state index contributed by atoms with van der Waals surface area (Å²) in [5, 5.41) is 11.3. The van der Waals surface area contributed by atoms with E-state index in [0.29, 0.717) is 11.3 Å². The standard InChI is InChI=1S/C15H21NO4/c1-10(9-13(17)18)16-14(19)11-5-7-12(8-6-11)20-15(2,3)4/h5-8,10H,9H2,1-4H3,(H,16,19)(H,17,18). The Balaban J connectivity index is 2.64. The van der Waals surface area contributed by atoms with Gasteiger partial charge in [-0.3, -0.25) is 9.59 Å². The second kappa shape index (κ2) is 6.41. The number of hydrogen-bond donors (Lipinski definition) is 2. The molecule has 0 radical (unpaired) electrons. The predicted molar refractivity (Wildman–Crippen MR) is 76.0 cm³/mol. The first-order valence-corrected chi connectivity index (χ1v) is 6.49. The monoisotopic (exact) mass is 279 g/mol. The Morgan fingerprint density at radius 1 is 1.25 bits per heavy atom. The predicted octanol–water partition coefficient (Wildman–Crippen LogP) is 2.46. The number of benzene rings is 1. The zero-order valence-electron chi connectivity index (χ0n) is 12.3. The molecule has 0 aliphatic rings. The molecule has 0 saturated carbocycles. The Morgan fingerprint density at radius 3 is 2.25 bits per heavy atom. The van der Waals surface area contributed by atoms with Crippen LogP contribution in [0.15, 0.2) is 24.3 Å². The van der Waals surface area contributed by atoms with Crippen LogP contribution in [0.5, 0.6) is 5.75 Å². The SMILES string of the molecule is CC(CC(=O)O)NC(=O)c1ccc(OC(C)(C)C)cc1. The van der Waals surface area contributed by atoms with Crippen molar-refractivity contribution in [3.8, 4) is 5.75 Å². The van der Waals surface area contributed by atoms with E-state index >= 15 is 0 Å². The van der Waals surface area contributed by atoms with Gasteiger partial charge in [-0.25, -0.2) is 0 Å². The first kappa shape index (κ1) is 16.0. The number of rotatable bonds is 5. The second-order valence-corrected chi connectivity index (χ2v) is 5.71. The number of amides is 1. The van der Waals surface area contributed by atoms with Crippen LogP contribution in [0.2, 0.25) is 0 Å². The summed E-state index contributed by atoms with van der Waals surface area (Å²) in [6, 6.07) is 6.35. The molecule has 0 aliphatic carbocycles. The molecule has 110 valence electrons. The van der Waals surface area contributed by atoms with E-state index in [9.17, 15) is 9.59 Å². The Hall–Kier alpha value is -2.04. The van der Waals surface area contributed by atoms with Gasteiger partial charge in [-0.05, 0) is 52.0 Å². The van der Waals surface area contributed by atoms with E-state index in [0.717, 1.165) is 0 Å². The van der Waals surface area contributed by atoms with E-state index in [2.05, 4.69) is 5.32 Å². The van der Waals surface area contributed by atoms with Gasteiger partial charge in [0.1, 0.15) is 11.4 Å². The lowest BCUT2D eigenvalue weighted by Crippen LogP contribution is -2.34. The zero-order chi connectivity index (χ0) is 15.3. The third kappa shape index (κ3) is 5.73. The minimum Gasteiger partial charge on any atom is -0.488 e. The smallest absolute Gasteiger partial charge is 0.305 e. The number of carbonyl (C=O) groups is 2. The summed E-state index contributed by atoms with van der Waals surface area (Å²) in [6.07, 6.45) is -0.100. The molecular weight excluding hydrogens is 258 g/mol. The van der Waals surface area contributed by atoms with Gasteiger partial charge >= 0.3 is 5.97 Å². The molecule has 1 unspecified atom stereocenters. The van der Waals surface area contributed by atoms with Gasteiger partial charge in [-0.1, -0.05) is 0 Å².